The van der Waals surface area contributed by atoms with Gasteiger partial charge in [0.05, 0.1) is 15.9 Å². The Labute approximate surface area is 132 Å². The molecule has 0 radical (unpaired) electrons. The lowest BCUT2D eigenvalue weighted by Gasteiger charge is -2.12. The number of carboxylic acid groups (broad SMARTS) is 1. The van der Waals surface area contributed by atoms with E-state index in [4.69, 9.17) is 34.0 Å². The maximum atomic E-state index is 11.2. The summed E-state index contributed by atoms with van der Waals surface area (Å²) in [6, 6.07) is 4.93. The zero-order chi connectivity index (χ0) is 16.2. The minimum atomic E-state index is -1.19. The van der Waals surface area contributed by atoms with E-state index in [1.165, 1.54) is 6.92 Å². The van der Waals surface area contributed by atoms with Crippen molar-refractivity contribution in [1.29, 1.82) is 0 Å². The number of benzene rings is 1. The Morgan fingerprint density at radius 2 is 1.95 bits per heavy atom. The minimum absolute atomic E-state index is 0.147. The summed E-state index contributed by atoms with van der Waals surface area (Å²) in [6.45, 7) is 6.89. The molecule has 0 aromatic heterocycles. The van der Waals surface area contributed by atoms with Gasteiger partial charge in [-0.1, -0.05) is 29.8 Å². The second-order valence-corrected chi connectivity index (χ2v) is 5.08. The molecule has 0 amide bonds. The smallest absolute Gasteiger partial charge is 0.354 e. The SMILES string of the molecule is C=C(Nc1ccc(Cl)c(Cl)c1)/C(C)=C(\N=C(\C)N)C(=O)O. The molecule has 0 bridgehead atoms. The van der Waals surface area contributed by atoms with Crippen LogP contribution in [0.2, 0.25) is 10.0 Å². The number of allylic oxidation sites excluding steroid dienone is 1. The lowest BCUT2D eigenvalue weighted by Crippen LogP contribution is -2.12. The molecule has 1 aromatic rings. The zero-order valence-corrected chi connectivity index (χ0v) is 13.1. The Hall–Kier alpha value is -1.98. The molecule has 112 valence electrons. The van der Waals surface area contributed by atoms with Crippen LogP contribution >= 0.6 is 23.2 Å². The van der Waals surface area contributed by atoms with E-state index >= 15 is 0 Å². The summed E-state index contributed by atoms with van der Waals surface area (Å²) in [5.74, 6) is -1.04. The first-order valence-corrected chi connectivity index (χ1v) is 6.64. The fourth-order valence-corrected chi connectivity index (χ4v) is 1.75. The molecule has 0 atom stereocenters. The van der Waals surface area contributed by atoms with Crippen LogP contribution in [0.15, 0.2) is 46.7 Å². The van der Waals surface area contributed by atoms with Crippen LogP contribution in [0, 0.1) is 0 Å². The quantitative estimate of drug-likeness (QED) is 0.333. The third-order valence-corrected chi connectivity index (χ3v) is 3.25. The van der Waals surface area contributed by atoms with Crippen LogP contribution in [-0.2, 0) is 4.79 Å². The van der Waals surface area contributed by atoms with Crippen molar-refractivity contribution in [3.63, 3.8) is 0 Å². The largest absolute Gasteiger partial charge is 0.477 e. The summed E-state index contributed by atoms with van der Waals surface area (Å²) in [6.07, 6.45) is 0. The first kappa shape index (κ1) is 17.1. The van der Waals surface area contributed by atoms with Gasteiger partial charge in [-0.15, -0.1) is 0 Å². The summed E-state index contributed by atoms with van der Waals surface area (Å²) >= 11 is 11.7. The predicted octanol–water partition coefficient (Wildman–Crippen LogP) is 3.65. The van der Waals surface area contributed by atoms with Crippen molar-refractivity contribution in [2.75, 3.05) is 5.32 Å². The highest BCUT2D eigenvalue weighted by Gasteiger charge is 2.13. The van der Waals surface area contributed by atoms with Crippen LogP contribution in [0.3, 0.4) is 0 Å². The molecule has 0 spiro atoms. The summed E-state index contributed by atoms with van der Waals surface area (Å²) in [5.41, 5.74) is 6.62. The number of hydrogen-bond donors (Lipinski definition) is 3. The van der Waals surface area contributed by atoms with Crippen molar-refractivity contribution < 1.29 is 9.90 Å². The Bertz CT molecular complexity index is 648. The maximum absolute atomic E-state index is 11.2. The number of halogens is 2. The second kappa shape index (κ2) is 7.15. The number of nitrogens with one attached hydrogen (secondary N) is 1. The third-order valence-electron chi connectivity index (χ3n) is 2.51. The van der Waals surface area contributed by atoms with Gasteiger partial charge in [0.2, 0.25) is 0 Å². The number of hydrogen-bond acceptors (Lipinski definition) is 3. The number of aliphatic carboxylic acids is 1. The van der Waals surface area contributed by atoms with Gasteiger partial charge in [0.1, 0.15) is 0 Å². The van der Waals surface area contributed by atoms with Crippen LogP contribution in [0.4, 0.5) is 5.69 Å². The van der Waals surface area contributed by atoms with Gasteiger partial charge in [0.25, 0.3) is 0 Å². The molecule has 0 saturated heterocycles. The Balaban J connectivity index is 3.08. The topological polar surface area (TPSA) is 87.7 Å². The summed E-state index contributed by atoms with van der Waals surface area (Å²) in [7, 11) is 0. The molecule has 0 aliphatic heterocycles. The van der Waals surface area contributed by atoms with Crippen LogP contribution in [0.5, 0.6) is 0 Å². The van der Waals surface area contributed by atoms with Crippen LogP contribution in [0.25, 0.3) is 0 Å². The first-order chi connectivity index (χ1) is 9.72. The molecule has 7 heteroatoms. The van der Waals surface area contributed by atoms with Crippen LogP contribution in [0.1, 0.15) is 13.8 Å². The Kier molecular flexibility index (Phi) is 5.81. The molecule has 0 saturated carbocycles. The van der Waals surface area contributed by atoms with Gasteiger partial charge in [-0.2, -0.15) is 0 Å². The standard InChI is InChI=1S/C14H15Cl2N3O2/c1-7(13(14(20)21)19-9(3)17)8(2)18-10-4-5-11(15)12(16)6-10/h4-6,18H,2H2,1,3H3,(H2,17,19)(H,20,21)/b13-7-. The minimum Gasteiger partial charge on any atom is -0.477 e. The van der Waals surface area contributed by atoms with E-state index in [1.807, 2.05) is 0 Å². The third kappa shape index (κ3) is 4.81. The number of carbonyl (C=O) groups is 1. The second-order valence-electron chi connectivity index (χ2n) is 4.26. The highest BCUT2D eigenvalue weighted by Crippen LogP contribution is 2.26. The number of amidine groups is 1. The van der Waals surface area contributed by atoms with Crippen molar-refractivity contribution in [1.82, 2.24) is 0 Å². The van der Waals surface area contributed by atoms with E-state index in [1.54, 1.807) is 25.1 Å². The fourth-order valence-electron chi connectivity index (χ4n) is 1.45. The summed E-state index contributed by atoms with van der Waals surface area (Å²) < 4.78 is 0. The summed E-state index contributed by atoms with van der Waals surface area (Å²) in [5, 5.41) is 12.9. The monoisotopic (exact) mass is 327 g/mol. The molecule has 5 nitrogen and oxygen atoms in total. The highest BCUT2D eigenvalue weighted by molar-refractivity contribution is 6.42. The van der Waals surface area contributed by atoms with Crippen molar-refractivity contribution in [3.8, 4) is 0 Å². The normalized spacial score (nSPS) is 12.7. The summed E-state index contributed by atoms with van der Waals surface area (Å²) in [4.78, 5) is 15.0. The van der Waals surface area contributed by atoms with Gasteiger partial charge in [-0.3, -0.25) is 0 Å². The highest BCUT2D eigenvalue weighted by atomic mass is 35.5. The van der Waals surface area contributed by atoms with Crippen molar-refractivity contribution in [3.05, 3.63) is 51.8 Å². The van der Waals surface area contributed by atoms with E-state index in [-0.39, 0.29) is 11.5 Å². The number of rotatable bonds is 5. The molecule has 0 unspecified atom stereocenters. The molecule has 1 aromatic carbocycles. The Morgan fingerprint density at radius 1 is 1.33 bits per heavy atom. The number of carboxylic acids is 1. The molecular formula is C14H15Cl2N3O2. The first-order valence-electron chi connectivity index (χ1n) is 5.88. The zero-order valence-electron chi connectivity index (χ0n) is 11.6. The number of nitrogens with zero attached hydrogens (tertiary/aromatic N) is 1. The van der Waals surface area contributed by atoms with Gasteiger partial charge >= 0.3 is 5.97 Å². The number of anilines is 1. The van der Waals surface area contributed by atoms with E-state index in [0.717, 1.165) is 0 Å². The molecule has 21 heavy (non-hydrogen) atoms. The van der Waals surface area contributed by atoms with Crippen LogP contribution in [-0.4, -0.2) is 16.9 Å². The van der Waals surface area contributed by atoms with E-state index in [0.29, 0.717) is 27.0 Å². The van der Waals surface area contributed by atoms with Gasteiger partial charge < -0.3 is 16.2 Å². The average molecular weight is 328 g/mol. The fraction of sp³-hybridized carbons (Fsp3) is 0.143. The number of nitrogens with two attached hydrogens (primary N) is 1. The van der Waals surface area contributed by atoms with Crippen molar-refractivity contribution in [2.24, 2.45) is 10.7 Å². The molecule has 0 aliphatic carbocycles. The van der Waals surface area contributed by atoms with Crippen molar-refractivity contribution >= 4 is 40.7 Å². The van der Waals surface area contributed by atoms with E-state index in [9.17, 15) is 4.79 Å². The van der Waals surface area contributed by atoms with Gasteiger partial charge in [0, 0.05) is 17.0 Å². The molecule has 0 heterocycles. The molecule has 4 N–H and O–H groups in total. The lowest BCUT2D eigenvalue weighted by molar-refractivity contribution is -0.132. The van der Waals surface area contributed by atoms with Gasteiger partial charge in [-0.25, -0.2) is 9.79 Å². The Morgan fingerprint density at radius 3 is 2.43 bits per heavy atom. The van der Waals surface area contributed by atoms with E-state index in [2.05, 4.69) is 16.9 Å². The van der Waals surface area contributed by atoms with Crippen molar-refractivity contribution in [2.45, 2.75) is 13.8 Å². The van der Waals surface area contributed by atoms with Crippen LogP contribution < -0.4 is 11.1 Å². The molecule has 1 rings (SSSR count). The molecular weight excluding hydrogens is 313 g/mol. The predicted molar refractivity (Wildman–Crippen MR) is 86.9 cm³/mol. The molecule has 0 aliphatic rings. The van der Waals surface area contributed by atoms with Gasteiger partial charge in [0.15, 0.2) is 5.70 Å². The van der Waals surface area contributed by atoms with E-state index < -0.39 is 5.97 Å². The maximum Gasteiger partial charge on any atom is 0.354 e. The van der Waals surface area contributed by atoms with Gasteiger partial charge in [-0.05, 0) is 32.0 Å². The molecule has 0 fully saturated rings. The lowest BCUT2D eigenvalue weighted by atomic mass is 10.1. The number of aliphatic imine (C=N–C) groups is 1. The average Bonchev–Trinajstić information content (AvgIpc) is 2.39.